The standard InChI is InChI=1S/C22H24N5O3/c1-28-7-6-18-19(11-24-18)27-12-15(20-21(23)25-13-26-22(20)27)5-4-14-8-16(29-2)10-17(9-14)30-3/h6,8-10,12-13,18-19,24H,7,11H2,1-3H3,(H2,23,25,26). The first kappa shape index (κ1) is 20.0. The number of anilines is 1. The zero-order valence-electron chi connectivity index (χ0n) is 17.2. The molecule has 2 aromatic heterocycles. The van der Waals surface area contributed by atoms with Gasteiger partial charge in [-0.1, -0.05) is 11.8 Å². The van der Waals surface area contributed by atoms with Crippen LogP contribution >= 0.6 is 0 Å². The number of rotatable bonds is 6. The van der Waals surface area contributed by atoms with E-state index in [0.717, 1.165) is 28.7 Å². The van der Waals surface area contributed by atoms with Crippen molar-refractivity contribution in [1.82, 2.24) is 19.9 Å². The summed E-state index contributed by atoms with van der Waals surface area (Å²) < 4.78 is 18.0. The van der Waals surface area contributed by atoms with E-state index in [-0.39, 0.29) is 12.1 Å². The summed E-state index contributed by atoms with van der Waals surface area (Å²) in [6.07, 6.45) is 5.59. The van der Waals surface area contributed by atoms with Crippen molar-refractivity contribution < 1.29 is 14.2 Å². The first-order valence-corrected chi connectivity index (χ1v) is 9.56. The summed E-state index contributed by atoms with van der Waals surface area (Å²) in [5.74, 6) is 8.19. The van der Waals surface area contributed by atoms with E-state index in [2.05, 4.69) is 38.1 Å². The lowest BCUT2D eigenvalue weighted by Crippen LogP contribution is -2.54. The Morgan fingerprint density at radius 2 is 1.93 bits per heavy atom. The van der Waals surface area contributed by atoms with Gasteiger partial charge in [-0.25, -0.2) is 9.97 Å². The molecule has 1 radical (unpaired) electrons. The van der Waals surface area contributed by atoms with Crippen molar-refractivity contribution in [3.8, 4) is 23.3 Å². The summed E-state index contributed by atoms with van der Waals surface area (Å²) in [5.41, 5.74) is 8.52. The summed E-state index contributed by atoms with van der Waals surface area (Å²) >= 11 is 0. The second-order valence-corrected chi connectivity index (χ2v) is 6.95. The minimum absolute atomic E-state index is 0.195. The van der Waals surface area contributed by atoms with Crippen molar-refractivity contribution >= 4 is 16.9 Å². The number of aromatic nitrogens is 3. The fourth-order valence-corrected chi connectivity index (χ4v) is 3.55. The average Bonchev–Trinajstić information content (AvgIpc) is 3.10. The van der Waals surface area contributed by atoms with E-state index in [9.17, 15) is 0 Å². The Morgan fingerprint density at radius 1 is 1.17 bits per heavy atom. The molecule has 2 atom stereocenters. The highest BCUT2D eigenvalue weighted by atomic mass is 16.5. The Kier molecular flexibility index (Phi) is 5.74. The number of benzene rings is 1. The number of nitrogens with two attached hydrogens (primary N) is 1. The van der Waals surface area contributed by atoms with E-state index >= 15 is 0 Å². The van der Waals surface area contributed by atoms with Gasteiger partial charge >= 0.3 is 0 Å². The van der Waals surface area contributed by atoms with Crippen LogP contribution in [0.15, 0.2) is 30.7 Å². The molecule has 155 valence electrons. The van der Waals surface area contributed by atoms with Crippen LogP contribution in [0.1, 0.15) is 17.2 Å². The maximum Gasteiger partial charge on any atom is 0.147 e. The van der Waals surface area contributed by atoms with E-state index < -0.39 is 0 Å². The van der Waals surface area contributed by atoms with Crippen LogP contribution < -0.4 is 20.5 Å². The third kappa shape index (κ3) is 3.77. The van der Waals surface area contributed by atoms with Crippen LogP contribution in [0.2, 0.25) is 0 Å². The maximum absolute atomic E-state index is 6.19. The van der Waals surface area contributed by atoms with Gasteiger partial charge in [0.1, 0.15) is 29.3 Å². The predicted molar refractivity (Wildman–Crippen MR) is 114 cm³/mol. The van der Waals surface area contributed by atoms with Crippen molar-refractivity contribution in [3.63, 3.8) is 0 Å². The second-order valence-electron chi connectivity index (χ2n) is 6.95. The summed E-state index contributed by atoms with van der Waals surface area (Å²) in [5, 5.41) is 4.17. The van der Waals surface area contributed by atoms with Gasteiger partial charge in [0.2, 0.25) is 0 Å². The molecule has 0 bridgehead atoms. The molecule has 1 aliphatic heterocycles. The van der Waals surface area contributed by atoms with E-state index in [0.29, 0.717) is 23.9 Å². The van der Waals surface area contributed by atoms with Crippen LogP contribution in [0, 0.1) is 18.3 Å². The second kappa shape index (κ2) is 8.61. The highest BCUT2D eigenvalue weighted by molar-refractivity contribution is 5.92. The molecule has 1 saturated heterocycles. The number of hydrogen-bond acceptors (Lipinski definition) is 7. The number of nitrogens with one attached hydrogen (secondary N) is 1. The number of hydrogen-bond donors (Lipinski definition) is 2. The van der Waals surface area contributed by atoms with Crippen molar-refractivity contribution in [1.29, 1.82) is 0 Å². The van der Waals surface area contributed by atoms with Crippen LogP contribution in [0.3, 0.4) is 0 Å². The van der Waals surface area contributed by atoms with Gasteiger partial charge in [0.05, 0.1) is 37.8 Å². The van der Waals surface area contributed by atoms with Gasteiger partial charge in [-0.15, -0.1) is 0 Å². The Bertz CT molecular complexity index is 1090. The highest BCUT2D eigenvalue weighted by Crippen LogP contribution is 2.31. The lowest BCUT2D eigenvalue weighted by molar-refractivity contribution is 0.187. The molecule has 1 fully saturated rings. The topological polar surface area (TPSA) is 96.5 Å². The van der Waals surface area contributed by atoms with E-state index in [1.165, 1.54) is 6.33 Å². The average molecular weight is 406 g/mol. The number of nitrogen functional groups attached to an aromatic ring is 1. The first-order chi connectivity index (χ1) is 14.6. The zero-order valence-corrected chi connectivity index (χ0v) is 17.2. The molecule has 3 heterocycles. The van der Waals surface area contributed by atoms with E-state index in [1.54, 1.807) is 21.3 Å². The lowest BCUT2D eigenvalue weighted by Gasteiger charge is -2.39. The molecular weight excluding hydrogens is 382 g/mol. The molecule has 30 heavy (non-hydrogen) atoms. The molecule has 0 amide bonds. The fraction of sp³-hybridized carbons (Fsp3) is 0.318. The summed E-state index contributed by atoms with van der Waals surface area (Å²) in [7, 11) is 4.91. The molecule has 4 rings (SSSR count). The van der Waals surface area contributed by atoms with Crippen LogP contribution in [0.25, 0.3) is 11.0 Å². The molecule has 2 unspecified atom stereocenters. The smallest absolute Gasteiger partial charge is 0.147 e. The largest absolute Gasteiger partial charge is 0.497 e. The van der Waals surface area contributed by atoms with Crippen molar-refractivity contribution in [2.45, 2.75) is 12.1 Å². The number of nitrogens with zero attached hydrogens (tertiary/aromatic N) is 3. The maximum atomic E-state index is 6.19. The number of methoxy groups -OCH3 is 3. The van der Waals surface area contributed by atoms with Gasteiger partial charge < -0.3 is 29.8 Å². The molecule has 0 aliphatic carbocycles. The van der Waals surface area contributed by atoms with Gasteiger partial charge in [-0.2, -0.15) is 0 Å². The van der Waals surface area contributed by atoms with Crippen molar-refractivity contribution in [2.75, 3.05) is 40.2 Å². The summed E-state index contributed by atoms with van der Waals surface area (Å²) in [6.45, 7) is 1.41. The van der Waals surface area contributed by atoms with Gasteiger partial charge in [0.15, 0.2) is 0 Å². The van der Waals surface area contributed by atoms with E-state index in [4.69, 9.17) is 19.9 Å². The predicted octanol–water partition coefficient (Wildman–Crippen LogP) is 1.79. The van der Waals surface area contributed by atoms with Crippen LogP contribution in [-0.2, 0) is 4.74 Å². The summed E-state index contributed by atoms with van der Waals surface area (Å²) in [6, 6.07) is 5.94. The van der Waals surface area contributed by atoms with Crippen molar-refractivity contribution in [2.24, 2.45) is 0 Å². The summed E-state index contributed by atoms with van der Waals surface area (Å²) in [4.78, 5) is 8.65. The van der Waals surface area contributed by atoms with E-state index in [1.807, 2.05) is 24.4 Å². The quantitative estimate of drug-likeness (QED) is 0.603. The zero-order chi connectivity index (χ0) is 21.1. The van der Waals surface area contributed by atoms with Gasteiger partial charge in [-0.3, -0.25) is 0 Å². The van der Waals surface area contributed by atoms with Crippen molar-refractivity contribution in [3.05, 3.63) is 48.3 Å². The minimum Gasteiger partial charge on any atom is -0.497 e. The Balaban J connectivity index is 1.74. The molecule has 0 saturated carbocycles. The monoisotopic (exact) mass is 406 g/mol. The van der Waals surface area contributed by atoms with Gasteiger partial charge in [-0.05, 0) is 12.1 Å². The third-order valence-electron chi connectivity index (χ3n) is 5.18. The molecular formula is C22H24N5O3. The van der Waals surface area contributed by atoms with Crippen LogP contribution in [0.5, 0.6) is 11.5 Å². The SMILES string of the molecule is COC[CH]C1NCC1n1cc(C#Cc2cc(OC)cc(OC)c2)c2c(N)ncnc21. The normalized spacial score (nSPS) is 17.8. The molecule has 1 aliphatic rings. The number of ether oxygens (including phenoxy) is 3. The van der Waals surface area contributed by atoms with Crippen LogP contribution in [-0.4, -0.2) is 55.1 Å². The molecule has 3 N–H and O–H groups in total. The Morgan fingerprint density at radius 3 is 2.57 bits per heavy atom. The lowest BCUT2D eigenvalue weighted by atomic mass is 9.97. The van der Waals surface area contributed by atoms with Gasteiger partial charge in [0, 0.05) is 43.9 Å². The highest BCUT2D eigenvalue weighted by Gasteiger charge is 2.33. The first-order valence-electron chi connectivity index (χ1n) is 9.56. The molecule has 1 aromatic carbocycles. The molecule has 3 aromatic rings. The number of fused-ring (bicyclic) bond motifs is 1. The third-order valence-corrected chi connectivity index (χ3v) is 5.18. The molecule has 8 heteroatoms. The molecule has 0 spiro atoms. The van der Waals surface area contributed by atoms with Gasteiger partial charge in [0.25, 0.3) is 0 Å². The fourth-order valence-electron chi connectivity index (χ4n) is 3.55. The Labute approximate surface area is 175 Å². The van der Waals surface area contributed by atoms with Crippen LogP contribution in [0.4, 0.5) is 5.82 Å². The Hall–Kier alpha value is -3.28. The molecule has 8 nitrogen and oxygen atoms in total. The minimum atomic E-state index is 0.195.